The highest BCUT2D eigenvalue weighted by molar-refractivity contribution is 6.78. The van der Waals surface area contributed by atoms with Crippen LogP contribution in [0.15, 0.2) is 30.3 Å². The van der Waals surface area contributed by atoms with Crippen LogP contribution in [-0.2, 0) is 4.74 Å². The number of hydrogen-bond acceptors (Lipinski definition) is 2. The Bertz CT molecular complexity index is 304. The summed E-state index contributed by atoms with van der Waals surface area (Å²) in [6.45, 7) is 0.781. The maximum absolute atomic E-state index is 11.7. The first-order valence-electron chi connectivity index (χ1n) is 4.92. The number of hydrogen-bond donors (Lipinski definition) is 0. The quantitative estimate of drug-likeness (QED) is 0.672. The predicted octanol–water partition coefficient (Wildman–Crippen LogP) is 1.67. The molecule has 1 aromatic rings. The van der Waals surface area contributed by atoms with Crippen molar-refractivity contribution in [1.82, 2.24) is 0 Å². The van der Waals surface area contributed by atoms with Gasteiger partial charge in [0, 0.05) is 18.2 Å². The van der Waals surface area contributed by atoms with Gasteiger partial charge in [0.2, 0.25) is 7.28 Å². The third kappa shape index (κ3) is 2.23. The zero-order valence-corrected chi connectivity index (χ0v) is 7.98. The molecular formula is C11H12BO2. The van der Waals surface area contributed by atoms with E-state index < -0.39 is 0 Å². The molecular weight excluding hydrogens is 175 g/mol. The summed E-state index contributed by atoms with van der Waals surface area (Å²) in [4.78, 5) is 11.7. The zero-order valence-electron chi connectivity index (χ0n) is 7.98. The Morgan fingerprint density at radius 1 is 1.36 bits per heavy atom. The van der Waals surface area contributed by atoms with Gasteiger partial charge in [0.25, 0.3) is 0 Å². The van der Waals surface area contributed by atoms with Gasteiger partial charge in [-0.05, 0) is 12.8 Å². The van der Waals surface area contributed by atoms with E-state index in [9.17, 15) is 4.79 Å². The molecule has 14 heavy (non-hydrogen) atoms. The second kappa shape index (κ2) is 4.42. The lowest BCUT2D eigenvalue weighted by atomic mass is 9.64. The highest BCUT2D eigenvalue weighted by Crippen LogP contribution is 2.12. The second-order valence-corrected chi connectivity index (χ2v) is 3.45. The van der Waals surface area contributed by atoms with Gasteiger partial charge in [0.15, 0.2) is 0 Å². The van der Waals surface area contributed by atoms with Gasteiger partial charge in [0.1, 0.15) is 5.68 Å². The smallest absolute Gasteiger partial charge is 0.246 e. The molecule has 1 aliphatic rings. The number of rotatable bonds is 3. The molecule has 0 amide bonds. The van der Waals surface area contributed by atoms with Crippen molar-refractivity contribution < 1.29 is 9.53 Å². The summed E-state index contributed by atoms with van der Waals surface area (Å²) in [6.07, 6.45) is 2.03. The Morgan fingerprint density at radius 2 is 2.14 bits per heavy atom. The Labute approximate surface area is 84.5 Å². The number of carbonyl (C=O) groups excluding carboxylic acids is 1. The maximum atomic E-state index is 11.7. The normalized spacial score (nSPS) is 20.7. The van der Waals surface area contributed by atoms with Crippen molar-refractivity contribution in [1.29, 1.82) is 0 Å². The third-order valence-corrected chi connectivity index (χ3v) is 2.36. The van der Waals surface area contributed by atoms with E-state index in [-0.39, 0.29) is 11.7 Å². The summed E-state index contributed by atoms with van der Waals surface area (Å²) in [7, 11) is 1.68. The molecule has 1 fully saturated rings. The van der Waals surface area contributed by atoms with Gasteiger partial charge in [-0.2, -0.15) is 0 Å². The fourth-order valence-corrected chi connectivity index (χ4v) is 1.60. The predicted molar refractivity (Wildman–Crippen MR) is 55.5 cm³/mol. The van der Waals surface area contributed by atoms with Gasteiger partial charge in [-0.3, -0.25) is 0 Å². The van der Waals surface area contributed by atoms with Gasteiger partial charge in [0.05, 0.1) is 0 Å². The molecule has 0 spiro atoms. The van der Waals surface area contributed by atoms with E-state index in [1.54, 1.807) is 7.28 Å². The van der Waals surface area contributed by atoms with Gasteiger partial charge < -0.3 is 9.53 Å². The summed E-state index contributed by atoms with van der Waals surface area (Å²) >= 11 is 0. The Balaban J connectivity index is 1.95. The van der Waals surface area contributed by atoms with Crippen LogP contribution in [0.5, 0.6) is 0 Å². The van der Waals surface area contributed by atoms with Crippen molar-refractivity contribution in [3.8, 4) is 0 Å². The van der Waals surface area contributed by atoms with Crippen LogP contribution in [0.1, 0.15) is 23.2 Å². The van der Waals surface area contributed by atoms with E-state index in [2.05, 4.69) is 0 Å². The minimum absolute atomic E-state index is 0.0303. The third-order valence-electron chi connectivity index (χ3n) is 2.36. The first-order valence-corrected chi connectivity index (χ1v) is 4.92. The van der Waals surface area contributed by atoms with Crippen LogP contribution < -0.4 is 0 Å². The zero-order chi connectivity index (χ0) is 9.80. The lowest BCUT2D eigenvalue weighted by Gasteiger charge is -2.05. The van der Waals surface area contributed by atoms with Crippen LogP contribution in [0.2, 0.25) is 0 Å². The number of ether oxygens (including phenoxy) is 1. The largest absolute Gasteiger partial charge is 0.387 e. The van der Waals surface area contributed by atoms with Crippen LogP contribution in [0.3, 0.4) is 0 Å². The van der Waals surface area contributed by atoms with Crippen molar-refractivity contribution >= 4 is 13.0 Å². The Morgan fingerprint density at radius 3 is 2.79 bits per heavy atom. The average molecular weight is 187 g/mol. The highest BCUT2D eigenvalue weighted by atomic mass is 16.5. The van der Waals surface area contributed by atoms with Crippen LogP contribution in [0.25, 0.3) is 0 Å². The molecule has 2 nitrogen and oxygen atoms in total. The van der Waals surface area contributed by atoms with E-state index in [0.717, 1.165) is 25.0 Å². The van der Waals surface area contributed by atoms with Gasteiger partial charge in [-0.1, -0.05) is 30.3 Å². The standard InChI is InChI=1S/C11H12BO2/c13-11(9-5-2-1-3-6-9)12-10-7-4-8-14-10/h1-3,5-6,10H,4,7-8H2. The van der Waals surface area contributed by atoms with Crippen LogP contribution >= 0.6 is 0 Å². The molecule has 1 unspecified atom stereocenters. The van der Waals surface area contributed by atoms with Crippen molar-refractivity contribution in [3.63, 3.8) is 0 Å². The molecule has 1 aromatic carbocycles. The van der Waals surface area contributed by atoms with Crippen LogP contribution in [-0.4, -0.2) is 25.6 Å². The molecule has 1 radical (unpaired) electrons. The molecule has 0 N–H and O–H groups in total. The summed E-state index contributed by atoms with van der Waals surface area (Å²) in [6, 6.07) is 9.33. The van der Waals surface area contributed by atoms with Crippen molar-refractivity contribution in [2.45, 2.75) is 18.8 Å². The van der Waals surface area contributed by atoms with E-state index in [1.807, 2.05) is 30.3 Å². The fourth-order valence-electron chi connectivity index (χ4n) is 1.60. The maximum Gasteiger partial charge on any atom is 0.246 e. The Kier molecular flexibility index (Phi) is 2.99. The van der Waals surface area contributed by atoms with Crippen molar-refractivity contribution in [3.05, 3.63) is 35.9 Å². The molecule has 1 saturated heterocycles. The SMILES string of the molecule is O=C([B]C1CCCO1)c1ccccc1. The Hall–Kier alpha value is -1.09. The number of benzene rings is 1. The molecule has 71 valence electrons. The minimum atomic E-state index is 0.0303. The first-order chi connectivity index (χ1) is 6.86. The molecule has 2 rings (SSSR count). The lowest BCUT2D eigenvalue weighted by Crippen LogP contribution is -2.24. The molecule has 3 heteroatoms. The second-order valence-electron chi connectivity index (χ2n) is 3.45. The number of carbonyl (C=O) groups is 1. The summed E-state index contributed by atoms with van der Waals surface area (Å²) in [5, 5.41) is 0. The molecule has 1 aliphatic heterocycles. The lowest BCUT2D eigenvalue weighted by molar-refractivity contribution is 0.105. The van der Waals surface area contributed by atoms with E-state index in [1.165, 1.54) is 0 Å². The summed E-state index contributed by atoms with van der Waals surface area (Å²) in [5.41, 5.74) is 0.806. The average Bonchev–Trinajstić information content (AvgIpc) is 2.72. The first kappa shape index (κ1) is 9.47. The van der Waals surface area contributed by atoms with Gasteiger partial charge >= 0.3 is 0 Å². The van der Waals surface area contributed by atoms with Crippen LogP contribution in [0, 0.1) is 0 Å². The van der Waals surface area contributed by atoms with E-state index >= 15 is 0 Å². The van der Waals surface area contributed by atoms with Crippen LogP contribution in [0.4, 0.5) is 0 Å². The molecule has 0 aliphatic carbocycles. The molecule has 0 bridgehead atoms. The topological polar surface area (TPSA) is 26.3 Å². The monoisotopic (exact) mass is 187 g/mol. The summed E-state index contributed by atoms with van der Waals surface area (Å²) < 4.78 is 5.37. The molecule has 0 aromatic heterocycles. The van der Waals surface area contributed by atoms with Gasteiger partial charge in [-0.25, -0.2) is 0 Å². The highest BCUT2D eigenvalue weighted by Gasteiger charge is 2.21. The molecule has 1 heterocycles. The molecule has 0 saturated carbocycles. The summed E-state index contributed by atoms with van der Waals surface area (Å²) in [5.74, 6) is 0. The fraction of sp³-hybridized carbons (Fsp3) is 0.364. The van der Waals surface area contributed by atoms with E-state index in [0.29, 0.717) is 0 Å². The van der Waals surface area contributed by atoms with Crippen molar-refractivity contribution in [2.75, 3.05) is 6.61 Å². The van der Waals surface area contributed by atoms with Gasteiger partial charge in [-0.15, -0.1) is 0 Å². The molecule has 1 atom stereocenters. The van der Waals surface area contributed by atoms with Crippen molar-refractivity contribution in [2.24, 2.45) is 0 Å². The van der Waals surface area contributed by atoms with E-state index in [4.69, 9.17) is 4.74 Å². The minimum Gasteiger partial charge on any atom is -0.387 e.